The maximum Gasteiger partial charge on any atom is 0.409 e. The molecule has 166 valence electrons. The van der Waals surface area contributed by atoms with E-state index < -0.39 is 4.92 Å². The predicted molar refractivity (Wildman–Crippen MR) is 112 cm³/mol. The molecule has 0 aromatic heterocycles. The first-order valence-electron chi connectivity index (χ1n) is 10.7. The summed E-state index contributed by atoms with van der Waals surface area (Å²) in [5.41, 5.74) is 0.510. The maximum atomic E-state index is 12.8. The van der Waals surface area contributed by atoms with E-state index in [0.717, 1.165) is 17.7 Å². The zero-order valence-corrected chi connectivity index (χ0v) is 17.5. The zero-order valence-electron chi connectivity index (χ0n) is 17.5. The van der Waals surface area contributed by atoms with Crippen molar-refractivity contribution in [1.29, 1.82) is 0 Å². The second-order valence-corrected chi connectivity index (χ2v) is 8.11. The summed E-state index contributed by atoms with van der Waals surface area (Å²) in [5, 5.41) is 11.8. The number of piperazine rings is 1. The van der Waals surface area contributed by atoms with Crippen LogP contribution in [0.2, 0.25) is 0 Å². The van der Waals surface area contributed by atoms with Crippen LogP contribution in [0.1, 0.15) is 32.6 Å². The molecule has 0 N–H and O–H groups in total. The van der Waals surface area contributed by atoms with Crippen molar-refractivity contribution in [2.75, 3.05) is 42.6 Å². The molecule has 3 aliphatic rings. The molecule has 0 bridgehead atoms. The molecule has 31 heavy (non-hydrogen) atoms. The lowest BCUT2D eigenvalue weighted by Crippen LogP contribution is -2.49. The van der Waals surface area contributed by atoms with Gasteiger partial charge in [-0.1, -0.05) is 12.8 Å². The number of anilines is 2. The number of carbonyl (C=O) groups is 3. The van der Waals surface area contributed by atoms with Crippen molar-refractivity contribution in [3.8, 4) is 0 Å². The number of rotatable bonds is 4. The number of imide groups is 1. The zero-order chi connectivity index (χ0) is 22.1. The topological polar surface area (TPSA) is 113 Å². The number of nitrogens with zero attached hydrogens (tertiary/aromatic N) is 4. The second kappa shape index (κ2) is 8.52. The molecule has 3 fully saturated rings. The third kappa shape index (κ3) is 3.82. The molecular weight excluding hydrogens is 404 g/mol. The predicted octanol–water partition coefficient (Wildman–Crippen LogP) is 2.55. The number of ether oxygens (including phenoxy) is 1. The number of nitro groups is 1. The van der Waals surface area contributed by atoms with Gasteiger partial charge in [-0.2, -0.15) is 0 Å². The van der Waals surface area contributed by atoms with E-state index in [0.29, 0.717) is 51.3 Å². The normalized spacial score (nSPS) is 23.7. The van der Waals surface area contributed by atoms with E-state index in [9.17, 15) is 24.5 Å². The lowest BCUT2D eigenvalue weighted by atomic mass is 9.81. The van der Waals surface area contributed by atoms with Gasteiger partial charge in [0.15, 0.2) is 0 Å². The number of hydrogen-bond acceptors (Lipinski definition) is 7. The Kier molecular flexibility index (Phi) is 5.79. The van der Waals surface area contributed by atoms with Crippen LogP contribution in [0.25, 0.3) is 0 Å². The molecule has 0 unspecified atom stereocenters. The molecule has 2 atom stereocenters. The lowest BCUT2D eigenvalue weighted by Gasteiger charge is -2.35. The van der Waals surface area contributed by atoms with Crippen LogP contribution >= 0.6 is 0 Å². The van der Waals surface area contributed by atoms with Crippen molar-refractivity contribution in [3.05, 3.63) is 28.3 Å². The SMILES string of the molecule is CCOC(=O)N1CCN(c2ccc(N3C(=O)[C@H]4CCCC[C@H]4C3=O)cc2[N+](=O)[O-])CC1. The number of nitro benzene ring substituents is 1. The monoisotopic (exact) mass is 430 g/mol. The summed E-state index contributed by atoms with van der Waals surface area (Å²) < 4.78 is 5.01. The van der Waals surface area contributed by atoms with E-state index in [1.807, 2.05) is 4.90 Å². The average Bonchev–Trinajstić information content (AvgIpc) is 3.04. The highest BCUT2D eigenvalue weighted by molar-refractivity contribution is 6.22. The highest BCUT2D eigenvalue weighted by Crippen LogP contribution is 2.42. The Balaban J connectivity index is 1.56. The van der Waals surface area contributed by atoms with Gasteiger partial charge in [0.05, 0.1) is 29.1 Å². The van der Waals surface area contributed by atoms with Gasteiger partial charge in [0.25, 0.3) is 5.69 Å². The number of hydrogen-bond donors (Lipinski definition) is 0. The fourth-order valence-electron chi connectivity index (χ4n) is 4.83. The van der Waals surface area contributed by atoms with Crippen LogP contribution in [-0.4, -0.2) is 60.5 Å². The first-order valence-corrected chi connectivity index (χ1v) is 10.7. The fraction of sp³-hybridized carbons (Fsp3) is 0.571. The van der Waals surface area contributed by atoms with Crippen LogP contribution in [0.3, 0.4) is 0 Å². The summed E-state index contributed by atoms with van der Waals surface area (Å²) in [5.74, 6) is -1.12. The fourth-order valence-corrected chi connectivity index (χ4v) is 4.83. The number of amides is 3. The maximum absolute atomic E-state index is 12.8. The number of benzene rings is 1. The molecule has 4 rings (SSSR count). The van der Waals surface area contributed by atoms with E-state index in [-0.39, 0.29) is 41.1 Å². The molecule has 2 aliphatic heterocycles. The summed E-state index contributed by atoms with van der Waals surface area (Å²) in [4.78, 5) is 53.4. The van der Waals surface area contributed by atoms with Crippen LogP contribution in [0, 0.1) is 22.0 Å². The van der Waals surface area contributed by atoms with E-state index >= 15 is 0 Å². The minimum Gasteiger partial charge on any atom is -0.450 e. The van der Waals surface area contributed by atoms with Crippen LogP contribution in [0.15, 0.2) is 18.2 Å². The average molecular weight is 430 g/mol. The quantitative estimate of drug-likeness (QED) is 0.410. The molecule has 1 aromatic rings. The standard InChI is InChI=1S/C21H26N4O6/c1-2-31-21(28)23-11-9-22(10-12-23)17-8-7-14(13-18(17)25(29)30)24-19(26)15-5-3-4-6-16(15)20(24)27/h7-8,13,15-16H,2-6,9-12H2,1H3/t15-,16+. The van der Waals surface area contributed by atoms with Gasteiger partial charge in [-0.15, -0.1) is 0 Å². The highest BCUT2D eigenvalue weighted by Gasteiger charge is 2.49. The summed E-state index contributed by atoms with van der Waals surface area (Å²) in [6.45, 7) is 3.66. The van der Waals surface area contributed by atoms with Gasteiger partial charge in [-0.25, -0.2) is 9.69 Å². The number of fused-ring (bicyclic) bond motifs is 1. The largest absolute Gasteiger partial charge is 0.450 e. The Hall–Kier alpha value is -3.17. The minimum absolute atomic E-state index is 0.155. The summed E-state index contributed by atoms with van der Waals surface area (Å²) in [6, 6.07) is 4.52. The Morgan fingerprint density at radius 2 is 1.71 bits per heavy atom. The van der Waals surface area contributed by atoms with Crippen LogP contribution in [-0.2, 0) is 14.3 Å². The van der Waals surface area contributed by atoms with Gasteiger partial charge >= 0.3 is 6.09 Å². The lowest BCUT2D eigenvalue weighted by molar-refractivity contribution is -0.384. The van der Waals surface area contributed by atoms with Crippen molar-refractivity contribution in [1.82, 2.24) is 4.90 Å². The van der Waals surface area contributed by atoms with Crippen molar-refractivity contribution >= 4 is 35.0 Å². The molecule has 0 radical (unpaired) electrons. The van der Waals surface area contributed by atoms with Crippen molar-refractivity contribution in [3.63, 3.8) is 0 Å². The van der Waals surface area contributed by atoms with E-state index in [4.69, 9.17) is 4.74 Å². The van der Waals surface area contributed by atoms with Crippen LogP contribution in [0.4, 0.5) is 21.9 Å². The second-order valence-electron chi connectivity index (χ2n) is 8.11. The minimum atomic E-state index is -0.491. The highest BCUT2D eigenvalue weighted by atomic mass is 16.6. The molecule has 0 spiro atoms. The molecule has 10 heteroatoms. The molecule has 1 saturated carbocycles. The Labute approximate surface area is 179 Å². The van der Waals surface area contributed by atoms with E-state index in [2.05, 4.69) is 0 Å². The van der Waals surface area contributed by atoms with Gasteiger partial charge in [-0.05, 0) is 31.9 Å². The third-order valence-corrected chi connectivity index (χ3v) is 6.40. The smallest absolute Gasteiger partial charge is 0.409 e. The first-order chi connectivity index (χ1) is 14.9. The van der Waals surface area contributed by atoms with Crippen molar-refractivity contribution in [2.45, 2.75) is 32.6 Å². The van der Waals surface area contributed by atoms with E-state index in [1.54, 1.807) is 24.0 Å². The molecule has 2 heterocycles. The van der Waals surface area contributed by atoms with Crippen LogP contribution in [0.5, 0.6) is 0 Å². The molecule has 3 amide bonds. The van der Waals surface area contributed by atoms with E-state index in [1.165, 1.54) is 6.07 Å². The van der Waals surface area contributed by atoms with Gasteiger partial charge < -0.3 is 14.5 Å². The van der Waals surface area contributed by atoms with Gasteiger partial charge in [-0.3, -0.25) is 19.7 Å². The van der Waals surface area contributed by atoms with Crippen LogP contribution < -0.4 is 9.80 Å². The Morgan fingerprint density at radius 1 is 1.10 bits per heavy atom. The Morgan fingerprint density at radius 3 is 2.26 bits per heavy atom. The number of carbonyl (C=O) groups excluding carboxylic acids is 3. The van der Waals surface area contributed by atoms with Gasteiger partial charge in [0, 0.05) is 32.2 Å². The van der Waals surface area contributed by atoms with Crippen molar-refractivity contribution in [2.24, 2.45) is 11.8 Å². The van der Waals surface area contributed by atoms with Gasteiger partial charge in [0.1, 0.15) is 5.69 Å². The van der Waals surface area contributed by atoms with Crippen molar-refractivity contribution < 1.29 is 24.0 Å². The Bertz CT molecular complexity index is 887. The summed E-state index contributed by atoms with van der Waals surface area (Å²) >= 11 is 0. The summed E-state index contributed by atoms with van der Waals surface area (Å²) in [7, 11) is 0. The first kappa shape index (κ1) is 21.1. The molecule has 2 saturated heterocycles. The molecule has 1 aliphatic carbocycles. The van der Waals surface area contributed by atoms with Gasteiger partial charge in [0.2, 0.25) is 11.8 Å². The molecular formula is C21H26N4O6. The molecule has 10 nitrogen and oxygen atoms in total. The summed E-state index contributed by atoms with van der Waals surface area (Å²) in [6.07, 6.45) is 2.84. The third-order valence-electron chi connectivity index (χ3n) is 6.40. The molecule has 1 aromatic carbocycles.